The molecule has 1 fully saturated rings. The van der Waals surface area contributed by atoms with Crippen molar-refractivity contribution in [1.29, 1.82) is 0 Å². The van der Waals surface area contributed by atoms with Gasteiger partial charge in [-0.25, -0.2) is 4.39 Å². The largest absolute Gasteiger partial charge is 0.506 e. The van der Waals surface area contributed by atoms with Crippen molar-refractivity contribution in [3.8, 4) is 5.75 Å². The Labute approximate surface area is 93.1 Å². The van der Waals surface area contributed by atoms with Crippen LogP contribution in [0, 0.1) is 11.7 Å². The molecule has 0 bridgehead atoms. The molecule has 1 aliphatic heterocycles. The average molecular weight is 230 g/mol. The fourth-order valence-corrected chi connectivity index (χ4v) is 2.18. The predicted molar refractivity (Wildman–Crippen MR) is 57.8 cm³/mol. The third-order valence-corrected chi connectivity index (χ3v) is 3.24. The normalized spacial score (nSPS) is 20.8. The minimum Gasteiger partial charge on any atom is -0.506 e. The molecule has 1 unspecified atom stereocenters. The van der Waals surface area contributed by atoms with Gasteiger partial charge in [0.2, 0.25) is 0 Å². The first-order valence-corrected chi connectivity index (χ1v) is 5.43. The SMILES string of the molecule is Oc1ccc(F)c(CC2CCNC2)c1Cl. The number of hydrogen-bond acceptors (Lipinski definition) is 2. The van der Waals surface area contributed by atoms with E-state index in [1.165, 1.54) is 12.1 Å². The van der Waals surface area contributed by atoms with Gasteiger partial charge in [0.25, 0.3) is 0 Å². The number of hydrogen-bond donors (Lipinski definition) is 2. The molecule has 0 amide bonds. The van der Waals surface area contributed by atoms with Crippen LogP contribution in [0.3, 0.4) is 0 Å². The lowest BCUT2D eigenvalue weighted by Crippen LogP contribution is -2.11. The first kappa shape index (κ1) is 10.7. The summed E-state index contributed by atoms with van der Waals surface area (Å²) < 4.78 is 13.5. The monoisotopic (exact) mass is 229 g/mol. The lowest BCUT2D eigenvalue weighted by Gasteiger charge is -2.11. The first-order chi connectivity index (χ1) is 7.18. The minimum absolute atomic E-state index is 0.0426. The zero-order valence-corrected chi connectivity index (χ0v) is 9.02. The molecule has 1 aromatic carbocycles. The van der Waals surface area contributed by atoms with Crippen molar-refractivity contribution in [3.63, 3.8) is 0 Å². The van der Waals surface area contributed by atoms with Crippen LogP contribution in [-0.4, -0.2) is 18.2 Å². The molecule has 15 heavy (non-hydrogen) atoms. The number of benzene rings is 1. The molecular weight excluding hydrogens is 217 g/mol. The van der Waals surface area contributed by atoms with Crippen LogP contribution in [0.2, 0.25) is 5.02 Å². The van der Waals surface area contributed by atoms with Crippen molar-refractivity contribution in [2.45, 2.75) is 12.8 Å². The van der Waals surface area contributed by atoms with E-state index in [1.807, 2.05) is 0 Å². The first-order valence-electron chi connectivity index (χ1n) is 5.05. The third-order valence-electron chi connectivity index (χ3n) is 2.82. The fourth-order valence-electron chi connectivity index (χ4n) is 1.95. The summed E-state index contributed by atoms with van der Waals surface area (Å²) in [5.41, 5.74) is 0.436. The van der Waals surface area contributed by atoms with Gasteiger partial charge in [0.1, 0.15) is 11.6 Å². The number of phenols is 1. The van der Waals surface area contributed by atoms with E-state index in [0.29, 0.717) is 17.9 Å². The van der Waals surface area contributed by atoms with E-state index < -0.39 is 0 Å². The Balaban J connectivity index is 2.22. The Kier molecular flexibility index (Phi) is 3.12. The van der Waals surface area contributed by atoms with Gasteiger partial charge in [-0.2, -0.15) is 0 Å². The summed E-state index contributed by atoms with van der Waals surface area (Å²) in [5.74, 6) is 0.0440. The summed E-state index contributed by atoms with van der Waals surface area (Å²) >= 11 is 5.87. The molecule has 1 aromatic rings. The smallest absolute Gasteiger partial charge is 0.134 e. The summed E-state index contributed by atoms with van der Waals surface area (Å²) in [5, 5.41) is 12.8. The fraction of sp³-hybridized carbons (Fsp3) is 0.455. The van der Waals surface area contributed by atoms with Crippen molar-refractivity contribution < 1.29 is 9.50 Å². The standard InChI is InChI=1S/C11H13ClFNO/c12-11-8(5-7-3-4-14-6-7)9(13)1-2-10(11)15/h1-2,7,14-15H,3-6H2. The Hall–Kier alpha value is -0.800. The van der Waals surface area contributed by atoms with Gasteiger partial charge < -0.3 is 10.4 Å². The van der Waals surface area contributed by atoms with Crippen LogP contribution in [-0.2, 0) is 6.42 Å². The third kappa shape index (κ3) is 2.24. The van der Waals surface area contributed by atoms with E-state index in [1.54, 1.807) is 0 Å². The van der Waals surface area contributed by atoms with Gasteiger partial charge in [0.05, 0.1) is 5.02 Å². The molecule has 1 saturated heterocycles. The molecule has 1 aliphatic rings. The van der Waals surface area contributed by atoms with Gasteiger partial charge in [0, 0.05) is 5.56 Å². The Morgan fingerprint density at radius 1 is 1.53 bits per heavy atom. The van der Waals surface area contributed by atoms with Gasteiger partial charge in [-0.1, -0.05) is 11.6 Å². The Bertz CT molecular complexity index is 364. The van der Waals surface area contributed by atoms with E-state index in [-0.39, 0.29) is 16.6 Å². The van der Waals surface area contributed by atoms with Crippen molar-refractivity contribution >= 4 is 11.6 Å². The highest BCUT2D eigenvalue weighted by Gasteiger charge is 2.19. The average Bonchev–Trinajstić information content (AvgIpc) is 2.71. The molecule has 0 radical (unpaired) electrons. The number of halogens is 2. The number of aromatic hydroxyl groups is 1. The van der Waals surface area contributed by atoms with E-state index in [2.05, 4.69) is 5.32 Å². The second-order valence-corrected chi connectivity index (χ2v) is 4.30. The predicted octanol–water partition coefficient (Wildman–Crippen LogP) is 2.34. The zero-order chi connectivity index (χ0) is 10.8. The molecule has 1 atom stereocenters. The van der Waals surface area contributed by atoms with Crippen molar-refractivity contribution in [2.75, 3.05) is 13.1 Å². The summed E-state index contributed by atoms with van der Waals surface area (Å²) in [6.45, 7) is 1.87. The molecule has 4 heteroatoms. The molecule has 2 N–H and O–H groups in total. The van der Waals surface area contributed by atoms with Crippen LogP contribution in [0.1, 0.15) is 12.0 Å². The zero-order valence-electron chi connectivity index (χ0n) is 8.26. The van der Waals surface area contributed by atoms with Gasteiger partial charge in [-0.15, -0.1) is 0 Å². The maximum atomic E-state index is 13.5. The van der Waals surface area contributed by atoms with Gasteiger partial charge in [-0.05, 0) is 44.0 Å². The highest BCUT2D eigenvalue weighted by atomic mass is 35.5. The van der Waals surface area contributed by atoms with Crippen LogP contribution >= 0.6 is 11.6 Å². The molecular formula is C11H13ClFNO. The summed E-state index contributed by atoms with van der Waals surface area (Å²) in [6.07, 6.45) is 1.62. The Morgan fingerprint density at radius 3 is 3.00 bits per heavy atom. The minimum atomic E-state index is -0.329. The molecule has 2 rings (SSSR count). The van der Waals surface area contributed by atoms with E-state index in [0.717, 1.165) is 19.5 Å². The van der Waals surface area contributed by atoms with Crippen LogP contribution in [0.4, 0.5) is 4.39 Å². The highest BCUT2D eigenvalue weighted by molar-refractivity contribution is 6.32. The summed E-state index contributed by atoms with van der Waals surface area (Å²) in [6, 6.07) is 2.55. The second kappa shape index (κ2) is 4.37. The molecule has 2 nitrogen and oxygen atoms in total. The lowest BCUT2D eigenvalue weighted by atomic mass is 9.98. The highest BCUT2D eigenvalue weighted by Crippen LogP contribution is 2.31. The lowest BCUT2D eigenvalue weighted by molar-refractivity contribution is 0.469. The van der Waals surface area contributed by atoms with Crippen molar-refractivity contribution in [2.24, 2.45) is 5.92 Å². The van der Waals surface area contributed by atoms with Crippen LogP contribution in [0.15, 0.2) is 12.1 Å². The molecule has 0 aliphatic carbocycles. The van der Waals surface area contributed by atoms with Crippen molar-refractivity contribution in [3.05, 3.63) is 28.5 Å². The van der Waals surface area contributed by atoms with E-state index in [9.17, 15) is 9.50 Å². The van der Waals surface area contributed by atoms with E-state index in [4.69, 9.17) is 11.6 Å². The maximum Gasteiger partial charge on any atom is 0.134 e. The van der Waals surface area contributed by atoms with Crippen LogP contribution in [0.25, 0.3) is 0 Å². The van der Waals surface area contributed by atoms with Crippen molar-refractivity contribution in [1.82, 2.24) is 5.32 Å². The topological polar surface area (TPSA) is 32.3 Å². The van der Waals surface area contributed by atoms with Crippen LogP contribution in [0.5, 0.6) is 5.75 Å². The molecule has 0 aromatic heterocycles. The van der Waals surface area contributed by atoms with Gasteiger partial charge in [-0.3, -0.25) is 0 Å². The molecule has 1 heterocycles. The molecule has 0 saturated carbocycles. The maximum absolute atomic E-state index is 13.5. The molecule has 82 valence electrons. The molecule has 0 spiro atoms. The number of nitrogens with one attached hydrogen (secondary N) is 1. The number of phenolic OH excluding ortho intramolecular Hbond substituents is 1. The quantitative estimate of drug-likeness (QED) is 0.816. The Morgan fingerprint density at radius 2 is 2.33 bits per heavy atom. The number of rotatable bonds is 2. The van der Waals surface area contributed by atoms with Gasteiger partial charge >= 0.3 is 0 Å². The van der Waals surface area contributed by atoms with Gasteiger partial charge in [0.15, 0.2) is 0 Å². The summed E-state index contributed by atoms with van der Waals surface area (Å²) in [4.78, 5) is 0. The summed E-state index contributed by atoms with van der Waals surface area (Å²) in [7, 11) is 0. The van der Waals surface area contributed by atoms with Crippen LogP contribution < -0.4 is 5.32 Å². The second-order valence-electron chi connectivity index (χ2n) is 3.92. The van der Waals surface area contributed by atoms with E-state index >= 15 is 0 Å².